The monoisotopic (exact) mass is 287 g/mol. The Kier molecular flexibility index (Phi) is 9.84. The van der Waals surface area contributed by atoms with E-state index >= 15 is 0 Å². The second kappa shape index (κ2) is 10.5. The Morgan fingerprint density at radius 1 is 1.20 bits per heavy atom. The summed E-state index contributed by atoms with van der Waals surface area (Å²) in [6.07, 6.45) is 0.292. The summed E-state index contributed by atoms with van der Waals surface area (Å²) >= 11 is 0. The van der Waals surface area contributed by atoms with Crippen molar-refractivity contribution >= 4 is 17.6 Å². The molecule has 0 aromatic carbocycles. The molecule has 0 spiro atoms. The van der Waals surface area contributed by atoms with E-state index in [1.807, 2.05) is 13.8 Å². The van der Waals surface area contributed by atoms with E-state index in [1.54, 1.807) is 6.92 Å². The van der Waals surface area contributed by atoms with Crippen molar-refractivity contribution in [2.24, 2.45) is 5.92 Å². The fourth-order valence-electron chi connectivity index (χ4n) is 1.67. The van der Waals surface area contributed by atoms with Crippen LogP contribution in [0.3, 0.4) is 0 Å². The van der Waals surface area contributed by atoms with Crippen LogP contribution in [-0.2, 0) is 23.9 Å². The van der Waals surface area contributed by atoms with Gasteiger partial charge in [-0.25, -0.2) is 0 Å². The van der Waals surface area contributed by atoms with Crippen LogP contribution in [0.15, 0.2) is 0 Å². The van der Waals surface area contributed by atoms with Gasteiger partial charge in [0.05, 0.1) is 26.4 Å². The number of carbonyl (C=O) groups excluding carboxylic acids is 3. The third-order valence-corrected chi connectivity index (χ3v) is 2.61. The minimum Gasteiger partial charge on any atom is -0.377 e. The standard InChI is InChI=1S/C12H19NO5.C2H6/c1-9-7-11(15)13(12(9)16)3-4-17-5-6-18-8-10(2)14;1-2/h9H,3-8H2,1-2H3;1-2H3. The van der Waals surface area contributed by atoms with Crippen LogP contribution in [0, 0.1) is 5.92 Å². The highest BCUT2D eigenvalue weighted by atomic mass is 16.5. The van der Waals surface area contributed by atoms with Gasteiger partial charge in [0.1, 0.15) is 6.61 Å². The zero-order valence-corrected chi connectivity index (χ0v) is 12.8. The van der Waals surface area contributed by atoms with Gasteiger partial charge in [-0.2, -0.15) is 0 Å². The third kappa shape index (κ3) is 6.77. The predicted octanol–water partition coefficient (Wildman–Crippen LogP) is 1.03. The molecule has 1 heterocycles. The smallest absolute Gasteiger partial charge is 0.232 e. The van der Waals surface area contributed by atoms with Crippen molar-refractivity contribution in [3.05, 3.63) is 0 Å². The molecular formula is C14H25NO5. The molecule has 1 unspecified atom stereocenters. The van der Waals surface area contributed by atoms with E-state index in [4.69, 9.17) is 9.47 Å². The maximum Gasteiger partial charge on any atom is 0.232 e. The third-order valence-electron chi connectivity index (χ3n) is 2.61. The second-order valence-corrected chi connectivity index (χ2v) is 4.36. The molecule has 0 bridgehead atoms. The zero-order chi connectivity index (χ0) is 15.5. The van der Waals surface area contributed by atoms with Crippen molar-refractivity contribution in [1.29, 1.82) is 0 Å². The van der Waals surface area contributed by atoms with Gasteiger partial charge in [0.15, 0.2) is 5.78 Å². The van der Waals surface area contributed by atoms with Crippen molar-refractivity contribution in [2.75, 3.05) is 33.0 Å². The molecular weight excluding hydrogens is 262 g/mol. The van der Waals surface area contributed by atoms with Crippen LogP contribution in [0.1, 0.15) is 34.1 Å². The van der Waals surface area contributed by atoms with Crippen LogP contribution in [0.2, 0.25) is 0 Å². The predicted molar refractivity (Wildman–Crippen MR) is 74.2 cm³/mol. The Morgan fingerprint density at radius 2 is 1.80 bits per heavy atom. The van der Waals surface area contributed by atoms with Crippen LogP contribution >= 0.6 is 0 Å². The first kappa shape index (κ1) is 18.7. The lowest BCUT2D eigenvalue weighted by molar-refractivity contribution is -0.140. The van der Waals surface area contributed by atoms with Gasteiger partial charge in [-0.3, -0.25) is 19.3 Å². The van der Waals surface area contributed by atoms with Gasteiger partial charge >= 0.3 is 0 Å². The fraction of sp³-hybridized carbons (Fsp3) is 0.786. The van der Waals surface area contributed by atoms with E-state index in [0.29, 0.717) is 26.2 Å². The molecule has 20 heavy (non-hydrogen) atoms. The van der Waals surface area contributed by atoms with E-state index in [2.05, 4.69) is 0 Å². The number of hydrogen-bond donors (Lipinski definition) is 0. The number of rotatable bonds is 8. The maximum atomic E-state index is 11.5. The van der Waals surface area contributed by atoms with E-state index in [9.17, 15) is 14.4 Å². The average molecular weight is 287 g/mol. The molecule has 1 aliphatic heterocycles. The molecule has 0 aromatic heterocycles. The van der Waals surface area contributed by atoms with E-state index in [1.165, 1.54) is 11.8 Å². The van der Waals surface area contributed by atoms with Crippen molar-refractivity contribution < 1.29 is 23.9 Å². The lowest BCUT2D eigenvalue weighted by Crippen LogP contribution is -2.33. The molecule has 0 radical (unpaired) electrons. The van der Waals surface area contributed by atoms with Gasteiger partial charge in [0.25, 0.3) is 0 Å². The Labute approximate surface area is 120 Å². The number of ether oxygens (including phenoxy) is 2. The molecule has 2 amide bonds. The molecule has 116 valence electrons. The quantitative estimate of drug-likeness (QED) is 0.492. The number of amides is 2. The molecule has 1 rings (SSSR count). The number of likely N-dealkylation sites (tertiary alicyclic amines) is 1. The van der Waals surface area contributed by atoms with Crippen molar-refractivity contribution in [1.82, 2.24) is 4.90 Å². The van der Waals surface area contributed by atoms with Crippen molar-refractivity contribution in [3.63, 3.8) is 0 Å². The van der Waals surface area contributed by atoms with Crippen LogP contribution in [0.25, 0.3) is 0 Å². The van der Waals surface area contributed by atoms with Crippen LogP contribution in [0.5, 0.6) is 0 Å². The SMILES string of the molecule is CC.CC(=O)COCCOCCN1C(=O)CC(C)C1=O. The van der Waals surface area contributed by atoms with Crippen LogP contribution in [0.4, 0.5) is 0 Å². The van der Waals surface area contributed by atoms with Gasteiger partial charge in [-0.15, -0.1) is 0 Å². The first-order valence-corrected chi connectivity index (χ1v) is 7.01. The Morgan fingerprint density at radius 3 is 2.30 bits per heavy atom. The number of Topliss-reactive ketones (excluding diaryl/α,β-unsaturated/α-hetero) is 1. The van der Waals surface area contributed by atoms with Crippen molar-refractivity contribution in [3.8, 4) is 0 Å². The Bertz CT molecular complexity index is 330. The largest absolute Gasteiger partial charge is 0.377 e. The first-order chi connectivity index (χ1) is 9.52. The lowest BCUT2D eigenvalue weighted by atomic mass is 10.1. The van der Waals surface area contributed by atoms with Crippen molar-refractivity contribution in [2.45, 2.75) is 34.1 Å². The molecule has 0 aromatic rings. The first-order valence-electron chi connectivity index (χ1n) is 7.01. The minimum absolute atomic E-state index is 0.0303. The summed E-state index contributed by atoms with van der Waals surface area (Å²) in [5.74, 6) is -0.506. The van der Waals surface area contributed by atoms with E-state index in [-0.39, 0.29) is 36.7 Å². The molecule has 1 saturated heterocycles. The Hall–Kier alpha value is -1.27. The topological polar surface area (TPSA) is 72.9 Å². The summed E-state index contributed by atoms with van der Waals surface area (Å²) in [7, 11) is 0. The molecule has 6 nitrogen and oxygen atoms in total. The maximum absolute atomic E-state index is 11.5. The molecule has 0 aliphatic carbocycles. The summed E-state index contributed by atoms with van der Waals surface area (Å²) in [4.78, 5) is 34.8. The number of carbonyl (C=O) groups is 3. The summed E-state index contributed by atoms with van der Waals surface area (Å²) in [5, 5.41) is 0. The fourth-order valence-corrected chi connectivity index (χ4v) is 1.67. The number of hydrogen-bond acceptors (Lipinski definition) is 5. The van der Waals surface area contributed by atoms with Gasteiger partial charge in [-0.05, 0) is 6.92 Å². The summed E-state index contributed by atoms with van der Waals surface area (Å²) in [6.45, 7) is 8.55. The highest BCUT2D eigenvalue weighted by Crippen LogP contribution is 2.17. The van der Waals surface area contributed by atoms with Gasteiger partial charge in [-0.1, -0.05) is 20.8 Å². The summed E-state index contributed by atoms with van der Waals surface area (Å²) < 4.78 is 10.2. The summed E-state index contributed by atoms with van der Waals surface area (Å²) in [5.41, 5.74) is 0. The Balaban J connectivity index is 0.00000172. The number of ketones is 1. The number of imide groups is 1. The highest BCUT2D eigenvalue weighted by Gasteiger charge is 2.34. The minimum atomic E-state index is -0.212. The van der Waals surface area contributed by atoms with Gasteiger partial charge in [0, 0.05) is 12.3 Å². The molecule has 1 fully saturated rings. The summed E-state index contributed by atoms with van der Waals surface area (Å²) in [6, 6.07) is 0. The van der Waals surface area contributed by atoms with E-state index in [0.717, 1.165) is 0 Å². The molecule has 0 N–H and O–H groups in total. The molecule has 0 saturated carbocycles. The van der Waals surface area contributed by atoms with Gasteiger partial charge < -0.3 is 9.47 Å². The second-order valence-electron chi connectivity index (χ2n) is 4.36. The highest BCUT2D eigenvalue weighted by molar-refractivity contribution is 6.03. The van der Waals surface area contributed by atoms with Crippen LogP contribution in [-0.4, -0.2) is 55.5 Å². The number of nitrogens with zero attached hydrogens (tertiary/aromatic N) is 1. The van der Waals surface area contributed by atoms with Gasteiger partial charge in [0.2, 0.25) is 11.8 Å². The molecule has 6 heteroatoms. The zero-order valence-electron chi connectivity index (χ0n) is 12.8. The average Bonchev–Trinajstić information content (AvgIpc) is 2.65. The van der Waals surface area contributed by atoms with E-state index < -0.39 is 0 Å². The lowest BCUT2D eigenvalue weighted by Gasteiger charge is -2.14. The molecule has 1 atom stereocenters. The van der Waals surface area contributed by atoms with Crippen LogP contribution < -0.4 is 0 Å². The normalized spacial score (nSPS) is 18.0. The molecule has 1 aliphatic rings.